The summed E-state index contributed by atoms with van der Waals surface area (Å²) in [6, 6.07) is 6.09. The topological polar surface area (TPSA) is 95.0 Å². The first-order valence-corrected chi connectivity index (χ1v) is 7.88. The molecule has 1 saturated heterocycles. The van der Waals surface area contributed by atoms with Gasteiger partial charge >= 0.3 is 5.69 Å². The summed E-state index contributed by atoms with van der Waals surface area (Å²) in [6.45, 7) is 1.40. The van der Waals surface area contributed by atoms with E-state index in [9.17, 15) is 9.59 Å². The molecule has 118 valence electrons. The first-order chi connectivity index (χ1) is 10.7. The van der Waals surface area contributed by atoms with Crippen LogP contribution in [0.4, 0.5) is 0 Å². The number of nitrogens with zero attached hydrogens (tertiary/aromatic N) is 1. The lowest BCUT2D eigenvalue weighted by molar-refractivity contribution is -0.131. The van der Waals surface area contributed by atoms with Crippen LogP contribution in [0.5, 0.6) is 0 Å². The fourth-order valence-corrected chi connectivity index (χ4v) is 3.23. The number of carbonyl (C=O) groups excluding carboxylic acids is 1. The molecular formula is C16H22N4O2. The largest absolute Gasteiger partial charge is 0.338 e. The van der Waals surface area contributed by atoms with E-state index in [-0.39, 0.29) is 17.6 Å². The molecule has 1 aromatic carbocycles. The highest BCUT2D eigenvalue weighted by molar-refractivity contribution is 5.77. The Bertz CT molecular complexity index is 718. The highest BCUT2D eigenvalue weighted by atomic mass is 16.2. The van der Waals surface area contributed by atoms with Crippen LogP contribution in [0.15, 0.2) is 23.0 Å². The second-order valence-electron chi connectivity index (χ2n) is 5.93. The Morgan fingerprint density at radius 2 is 2.14 bits per heavy atom. The molecule has 1 aromatic heterocycles. The fourth-order valence-electron chi connectivity index (χ4n) is 3.23. The molecule has 0 aliphatic carbocycles. The first-order valence-electron chi connectivity index (χ1n) is 7.88. The Hall–Kier alpha value is -2.08. The minimum Gasteiger partial charge on any atom is -0.338 e. The summed E-state index contributed by atoms with van der Waals surface area (Å²) in [5, 5.41) is 0. The van der Waals surface area contributed by atoms with Gasteiger partial charge in [0.1, 0.15) is 0 Å². The van der Waals surface area contributed by atoms with Crippen molar-refractivity contribution in [2.45, 2.75) is 38.1 Å². The molecule has 6 nitrogen and oxygen atoms in total. The molecule has 1 fully saturated rings. The lowest BCUT2D eigenvalue weighted by Gasteiger charge is -2.23. The van der Waals surface area contributed by atoms with Crippen LogP contribution in [0.3, 0.4) is 0 Å². The van der Waals surface area contributed by atoms with Gasteiger partial charge in [-0.1, -0.05) is 6.07 Å². The number of likely N-dealkylation sites (tertiary alicyclic amines) is 1. The van der Waals surface area contributed by atoms with Gasteiger partial charge in [0.15, 0.2) is 0 Å². The monoisotopic (exact) mass is 302 g/mol. The molecule has 4 N–H and O–H groups in total. The summed E-state index contributed by atoms with van der Waals surface area (Å²) >= 11 is 0. The quantitative estimate of drug-likeness (QED) is 0.772. The van der Waals surface area contributed by atoms with Gasteiger partial charge in [0.2, 0.25) is 5.91 Å². The van der Waals surface area contributed by atoms with Crippen LogP contribution in [0.25, 0.3) is 11.0 Å². The van der Waals surface area contributed by atoms with E-state index in [1.807, 2.05) is 23.1 Å². The molecule has 0 saturated carbocycles. The maximum absolute atomic E-state index is 12.2. The lowest BCUT2D eigenvalue weighted by Crippen LogP contribution is -2.39. The molecule has 0 spiro atoms. The Morgan fingerprint density at radius 3 is 2.95 bits per heavy atom. The maximum Gasteiger partial charge on any atom is 0.323 e. The van der Waals surface area contributed by atoms with Gasteiger partial charge in [-0.05, 0) is 43.4 Å². The SMILES string of the molecule is NCC1CCCN1C(=O)CCCc1ccc2[nH]c(=O)[nH]c2c1. The van der Waals surface area contributed by atoms with Crippen LogP contribution in [-0.4, -0.2) is 39.9 Å². The summed E-state index contributed by atoms with van der Waals surface area (Å²) in [5.41, 5.74) is 8.28. The van der Waals surface area contributed by atoms with Crippen molar-refractivity contribution in [1.82, 2.24) is 14.9 Å². The summed E-state index contributed by atoms with van der Waals surface area (Å²) in [6.07, 6.45) is 4.28. The van der Waals surface area contributed by atoms with Crippen LogP contribution >= 0.6 is 0 Å². The molecular weight excluding hydrogens is 280 g/mol. The van der Waals surface area contributed by atoms with E-state index in [1.165, 1.54) is 0 Å². The van der Waals surface area contributed by atoms with Crippen molar-refractivity contribution < 1.29 is 4.79 Å². The number of fused-ring (bicyclic) bond motifs is 1. The van der Waals surface area contributed by atoms with Gasteiger partial charge in [0, 0.05) is 25.6 Å². The summed E-state index contributed by atoms with van der Waals surface area (Å²) < 4.78 is 0. The number of nitrogens with two attached hydrogens (primary N) is 1. The van der Waals surface area contributed by atoms with Gasteiger partial charge in [-0.15, -0.1) is 0 Å². The molecule has 1 aliphatic heterocycles. The van der Waals surface area contributed by atoms with Crippen molar-refractivity contribution in [1.29, 1.82) is 0 Å². The Kier molecular flexibility index (Phi) is 4.29. The van der Waals surface area contributed by atoms with E-state index in [1.54, 1.807) is 0 Å². The van der Waals surface area contributed by atoms with Gasteiger partial charge in [-0.3, -0.25) is 4.79 Å². The minimum absolute atomic E-state index is 0.191. The molecule has 3 rings (SSSR count). The zero-order valence-electron chi connectivity index (χ0n) is 12.6. The van der Waals surface area contributed by atoms with Crippen molar-refractivity contribution in [2.24, 2.45) is 5.73 Å². The number of imidazole rings is 1. The highest BCUT2D eigenvalue weighted by Gasteiger charge is 2.26. The van der Waals surface area contributed by atoms with E-state index < -0.39 is 0 Å². The van der Waals surface area contributed by atoms with Crippen molar-refractivity contribution in [3.63, 3.8) is 0 Å². The molecule has 1 atom stereocenters. The lowest BCUT2D eigenvalue weighted by atomic mass is 10.1. The average Bonchev–Trinajstić information content (AvgIpc) is 3.11. The Morgan fingerprint density at radius 1 is 1.32 bits per heavy atom. The predicted octanol–water partition coefficient (Wildman–Crippen LogP) is 1.13. The van der Waals surface area contributed by atoms with Crippen molar-refractivity contribution >= 4 is 16.9 Å². The smallest absolute Gasteiger partial charge is 0.323 e. The fraction of sp³-hybridized carbons (Fsp3) is 0.500. The third kappa shape index (κ3) is 3.06. The van der Waals surface area contributed by atoms with Crippen molar-refractivity contribution in [3.05, 3.63) is 34.2 Å². The number of H-pyrrole nitrogens is 2. The average molecular weight is 302 g/mol. The summed E-state index contributed by atoms with van der Waals surface area (Å²) in [5.74, 6) is 0.212. The molecule has 2 heterocycles. The van der Waals surface area contributed by atoms with Gasteiger partial charge in [0.05, 0.1) is 11.0 Å². The third-order valence-corrected chi connectivity index (χ3v) is 4.41. The number of aromatic nitrogens is 2. The summed E-state index contributed by atoms with van der Waals surface area (Å²) in [4.78, 5) is 30.9. The number of hydrogen-bond acceptors (Lipinski definition) is 3. The normalized spacial score (nSPS) is 18.2. The summed E-state index contributed by atoms with van der Waals surface area (Å²) in [7, 11) is 0. The minimum atomic E-state index is -0.191. The Balaban J connectivity index is 1.55. The van der Waals surface area contributed by atoms with E-state index in [0.717, 1.165) is 48.8 Å². The molecule has 0 bridgehead atoms. The molecule has 22 heavy (non-hydrogen) atoms. The number of carbonyl (C=O) groups is 1. The van der Waals surface area contributed by atoms with Crippen molar-refractivity contribution in [3.8, 4) is 0 Å². The molecule has 1 amide bonds. The second kappa shape index (κ2) is 6.36. The number of rotatable bonds is 5. The molecule has 2 aromatic rings. The maximum atomic E-state index is 12.2. The highest BCUT2D eigenvalue weighted by Crippen LogP contribution is 2.18. The zero-order valence-corrected chi connectivity index (χ0v) is 12.6. The van der Waals surface area contributed by atoms with E-state index in [2.05, 4.69) is 9.97 Å². The number of aromatic amines is 2. The standard InChI is InChI=1S/C16H22N4O2/c17-10-12-4-2-8-20(12)15(21)5-1-3-11-6-7-13-14(9-11)19-16(22)18-13/h6-7,9,12H,1-5,8,10,17H2,(H2,18,19,22). The van der Waals surface area contributed by atoms with Crippen LogP contribution in [0, 0.1) is 0 Å². The number of nitrogens with one attached hydrogen (secondary N) is 2. The number of benzene rings is 1. The van der Waals surface area contributed by atoms with Crippen molar-refractivity contribution in [2.75, 3.05) is 13.1 Å². The van der Waals surface area contributed by atoms with E-state index >= 15 is 0 Å². The van der Waals surface area contributed by atoms with E-state index in [0.29, 0.717) is 13.0 Å². The Labute approximate surface area is 128 Å². The van der Waals surface area contributed by atoms with Gasteiger partial charge in [-0.25, -0.2) is 4.79 Å². The first kappa shape index (κ1) is 14.8. The van der Waals surface area contributed by atoms with Crippen LogP contribution in [0.2, 0.25) is 0 Å². The number of amides is 1. The molecule has 0 radical (unpaired) electrons. The second-order valence-corrected chi connectivity index (χ2v) is 5.93. The molecule has 1 unspecified atom stereocenters. The van der Waals surface area contributed by atoms with Crippen LogP contribution < -0.4 is 11.4 Å². The number of aryl methyl sites for hydroxylation is 1. The molecule has 6 heteroatoms. The third-order valence-electron chi connectivity index (χ3n) is 4.41. The van der Waals surface area contributed by atoms with E-state index in [4.69, 9.17) is 5.73 Å². The molecule has 1 aliphatic rings. The van der Waals surface area contributed by atoms with Gasteiger partial charge < -0.3 is 20.6 Å². The zero-order chi connectivity index (χ0) is 15.5. The van der Waals surface area contributed by atoms with Gasteiger partial charge in [-0.2, -0.15) is 0 Å². The van der Waals surface area contributed by atoms with Crippen LogP contribution in [-0.2, 0) is 11.2 Å². The van der Waals surface area contributed by atoms with Crippen LogP contribution in [0.1, 0.15) is 31.2 Å². The van der Waals surface area contributed by atoms with Gasteiger partial charge in [0.25, 0.3) is 0 Å². The predicted molar refractivity (Wildman–Crippen MR) is 85.6 cm³/mol. The number of hydrogen-bond donors (Lipinski definition) is 3.